The molecule has 168 valence electrons. The fourth-order valence-electron chi connectivity index (χ4n) is 3.98. The Morgan fingerprint density at radius 2 is 1.90 bits per heavy atom. The van der Waals surface area contributed by atoms with Crippen molar-refractivity contribution in [2.24, 2.45) is 0 Å². The zero-order chi connectivity index (χ0) is 22.6. The molecule has 1 heterocycles. The van der Waals surface area contributed by atoms with Crippen LogP contribution in [0.2, 0.25) is 0 Å². The Balaban J connectivity index is 1.84. The van der Waals surface area contributed by atoms with Crippen molar-refractivity contribution in [1.82, 2.24) is 10.2 Å². The Labute approximate surface area is 180 Å². The second kappa shape index (κ2) is 9.70. The maximum atomic E-state index is 13.2. The van der Waals surface area contributed by atoms with E-state index in [0.717, 1.165) is 17.7 Å². The molecular formula is C23H27F3N2O3. The average molecular weight is 436 g/mol. The molecule has 8 heteroatoms. The molecule has 0 aromatic heterocycles. The van der Waals surface area contributed by atoms with E-state index >= 15 is 0 Å². The molecule has 0 bridgehead atoms. The SMILES string of the molecule is COc1ccc(C(F)(F)F)cc1CNC1CCN(C(=O)[C@@H](C)OC)C1c1ccccc1. The second-order valence-electron chi connectivity index (χ2n) is 7.57. The summed E-state index contributed by atoms with van der Waals surface area (Å²) >= 11 is 0. The lowest BCUT2D eigenvalue weighted by molar-refractivity contribution is -0.142. The van der Waals surface area contributed by atoms with Crippen molar-refractivity contribution < 1.29 is 27.4 Å². The average Bonchev–Trinajstić information content (AvgIpc) is 3.20. The molecule has 5 nitrogen and oxygen atoms in total. The number of nitrogens with one attached hydrogen (secondary N) is 1. The number of alkyl halides is 3. The highest BCUT2D eigenvalue weighted by Gasteiger charge is 2.39. The van der Waals surface area contributed by atoms with Gasteiger partial charge in [0.05, 0.1) is 18.7 Å². The molecule has 0 spiro atoms. The summed E-state index contributed by atoms with van der Waals surface area (Å²) in [6.45, 7) is 2.42. The summed E-state index contributed by atoms with van der Waals surface area (Å²) in [5.41, 5.74) is 0.659. The number of methoxy groups -OCH3 is 2. The third-order valence-electron chi connectivity index (χ3n) is 5.69. The number of hydrogen-bond donors (Lipinski definition) is 1. The van der Waals surface area contributed by atoms with Gasteiger partial charge in [0, 0.05) is 31.8 Å². The van der Waals surface area contributed by atoms with E-state index in [2.05, 4.69) is 5.32 Å². The van der Waals surface area contributed by atoms with Gasteiger partial charge < -0.3 is 19.7 Å². The Morgan fingerprint density at radius 3 is 2.52 bits per heavy atom. The first-order valence-corrected chi connectivity index (χ1v) is 10.1. The number of amides is 1. The van der Waals surface area contributed by atoms with E-state index in [1.165, 1.54) is 20.3 Å². The number of rotatable bonds is 7. The Bertz CT molecular complexity index is 889. The lowest BCUT2D eigenvalue weighted by atomic mass is 9.99. The van der Waals surface area contributed by atoms with E-state index < -0.39 is 17.8 Å². The predicted octanol–water partition coefficient (Wildman–Crippen LogP) is 4.18. The van der Waals surface area contributed by atoms with Gasteiger partial charge in [-0.05, 0) is 37.1 Å². The normalized spacial score (nSPS) is 20.0. The summed E-state index contributed by atoms with van der Waals surface area (Å²) in [6, 6.07) is 12.7. The van der Waals surface area contributed by atoms with Crippen molar-refractivity contribution in [3.05, 3.63) is 65.2 Å². The van der Waals surface area contributed by atoms with Gasteiger partial charge in [0.1, 0.15) is 11.9 Å². The largest absolute Gasteiger partial charge is 0.496 e. The van der Waals surface area contributed by atoms with Gasteiger partial charge >= 0.3 is 6.18 Å². The van der Waals surface area contributed by atoms with Crippen LogP contribution in [0.3, 0.4) is 0 Å². The van der Waals surface area contributed by atoms with Crippen LogP contribution in [0.15, 0.2) is 48.5 Å². The number of ether oxygens (including phenoxy) is 2. The molecule has 0 radical (unpaired) electrons. The lowest BCUT2D eigenvalue weighted by Gasteiger charge is -2.31. The van der Waals surface area contributed by atoms with Gasteiger partial charge in [-0.2, -0.15) is 13.2 Å². The number of hydrogen-bond acceptors (Lipinski definition) is 4. The highest BCUT2D eigenvalue weighted by Crippen LogP contribution is 2.35. The molecular weight excluding hydrogens is 409 g/mol. The van der Waals surface area contributed by atoms with Crippen molar-refractivity contribution in [2.45, 2.75) is 44.3 Å². The van der Waals surface area contributed by atoms with Crippen molar-refractivity contribution >= 4 is 5.91 Å². The van der Waals surface area contributed by atoms with Crippen molar-refractivity contribution in [1.29, 1.82) is 0 Å². The Hall–Kier alpha value is -2.58. The number of carbonyl (C=O) groups excluding carboxylic acids is 1. The molecule has 2 aromatic carbocycles. The molecule has 3 atom stereocenters. The smallest absolute Gasteiger partial charge is 0.416 e. The van der Waals surface area contributed by atoms with Gasteiger partial charge in [-0.3, -0.25) is 4.79 Å². The van der Waals surface area contributed by atoms with Crippen LogP contribution in [-0.2, 0) is 22.3 Å². The number of likely N-dealkylation sites (tertiary alicyclic amines) is 1. The molecule has 1 N–H and O–H groups in total. The third kappa shape index (κ3) is 5.19. The maximum Gasteiger partial charge on any atom is 0.416 e. The monoisotopic (exact) mass is 436 g/mol. The molecule has 2 unspecified atom stereocenters. The molecule has 1 saturated heterocycles. The first-order chi connectivity index (χ1) is 14.8. The first-order valence-electron chi connectivity index (χ1n) is 10.1. The molecule has 1 amide bonds. The van der Waals surface area contributed by atoms with Crippen LogP contribution in [0, 0.1) is 0 Å². The van der Waals surface area contributed by atoms with E-state index in [-0.39, 0.29) is 24.5 Å². The van der Waals surface area contributed by atoms with Crippen LogP contribution < -0.4 is 10.1 Å². The molecule has 0 aliphatic carbocycles. The molecule has 1 aliphatic rings. The van der Waals surface area contributed by atoms with Crippen LogP contribution in [0.1, 0.15) is 36.1 Å². The van der Waals surface area contributed by atoms with Crippen molar-refractivity contribution in [3.63, 3.8) is 0 Å². The number of halogens is 3. The van der Waals surface area contributed by atoms with Crippen LogP contribution in [0.25, 0.3) is 0 Å². The summed E-state index contributed by atoms with van der Waals surface area (Å²) in [7, 11) is 2.92. The van der Waals surface area contributed by atoms with Crippen molar-refractivity contribution in [3.8, 4) is 5.75 Å². The molecule has 0 saturated carbocycles. The fraction of sp³-hybridized carbons (Fsp3) is 0.435. The van der Waals surface area contributed by atoms with E-state index in [1.54, 1.807) is 11.8 Å². The molecule has 1 fully saturated rings. The minimum Gasteiger partial charge on any atom is -0.496 e. The standard InChI is InChI=1S/C23H27F3N2O3/c1-15(30-2)22(29)28-12-11-19(21(28)16-7-5-4-6-8-16)27-14-17-13-18(23(24,25)26)9-10-20(17)31-3/h4-10,13,15,19,21,27H,11-12,14H2,1-3H3/t15-,19?,21?/m1/s1. The Morgan fingerprint density at radius 1 is 1.19 bits per heavy atom. The molecule has 31 heavy (non-hydrogen) atoms. The van der Waals surface area contributed by atoms with Gasteiger partial charge in [0.2, 0.25) is 0 Å². The molecule has 2 aromatic rings. The van der Waals surface area contributed by atoms with Gasteiger partial charge in [-0.15, -0.1) is 0 Å². The molecule has 1 aliphatic heterocycles. The summed E-state index contributed by atoms with van der Waals surface area (Å²) in [4.78, 5) is 14.6. The van der Waals surface area contributed by atoms with E-state index in [4.69, 9.17) is 9.47 Å². The minimum absolute atomic E-state index is 0.114. The summed E-state index contributed by atoms with van der Waals surface area (Å²) in [6.07, 6.45) is -4.34. The van der Waals surface area contributed by atoms with Gasteiger partial charge in [-0.25, -0.2) is 0 Å². The van der Waals surface area contributed by atoms with Crippen LogP contribution in [0.4, 0.5) is 13.2 Å². The van der Waals surface area contributed by atoms with E-state index in [1.807, 2.05) is 30.3 Å². The van der Waals surface area contributed by atoms with Crippen LogP contribution >= 0.6 is 0 Å². The second-order valence-corrected chi connectivity index (χ2v) is 7.57. The number of carbonyl (C=O) groups is 1. The number of benzene rings is 2. The highest BCUT2D eigenvalue weighted by molar-refractivity contribution is 5.81. The predicted molar refractivity (Wildman–Crippen MR) is 111 cm³/mol. The summed E-state index contributed by atoms with van der Waals surface area (Å²) < 4.78 is 50.0. The summed E-state index contributed by atoms with van der Waals surface area (Å²) in [5, 5.41) is 3.36. The highest BCUT2D eigenvalue weighted by atomic mass is 19.4. The van der Waals surface area contributed by atoms with Crippen molar-refractivity contribution in [2.75, 3.05) is 20.8 Å². The topological polar surface area (TPSA) is 50.8 Å². The maximum absolute atomic E-state index is 13.2. The number of nitrogens with zero attached hydrogens (tertiary/aromatic N) is 1. The van der Waals surface area contributed by atoms with Gasteiger partial charge in [-0.1, -0.05) is 30.3 Å². The van der Waals surface area contributed by atoms with Gasteiger partial charge in [0.15, 0.2) is 0 Å². The molecule has 3 rings (SSSR count). The van der Waals surface area contributed by atoms with E-state index in [0.29, 0.717) is 24.3 Å². The van der Waals surface area contributed by atoms with Crippen LogP contribution in [0.5, 0.6) is 5.75 Å². The Kier molecular flexibility index (Phi) is 7.23. The summed E-state index contributed by atoms with van der Waals surface area (Å²) in [5.74, 6) is 0.271. The zero-order valence-electron chi connectivity index (χ0n) is 17.8. The minimum atomic E-state index is -4.43. The van der Waals surface area contributed by atoms with Crippen LogP contribution in [-0.4, -0.2) is 43.7 Å². The first kappa shape index (κ1) is 23.1. The lowest BCUT2D eigenvalue weighted by Crippen LogP contribution is -2.42. The van der Waals surface area contributed by atoms with E-state index in [9.17, 15) is 18.0 Å². The third-order valence-corrected chi connectivity index (χ3v) is 5.69. The fourth-order valence-corrected chi connectivity index (χ4v) is 3.98. The quantitative estimate of drug-likeness (QED) is 0.708. The van der Waals surface area contributed by atoms with Gasteiger partial charge in [0.25, 0.3) is 5.91 Å². The zero-order valence-corrected chi connectivity index (χ0v) is 17.8.